The highest BCUT2D eigenvalue weighted by Gasteiger charge is 2.28. The van der Waals surface area contributed by atoms with Crippen molar-refractivity contribution in [3.05, 3.63) is 0 Å². The molecule has 0 spiro atoms. The summed E-state index contributed by atoms with van der Waals surface area (Å²) in [5, 5.41) is 3.37. The summed E-state index contributed by atoms with van der Waals surface area (Å²) in [4.78, 5) is 4.96. The second-order valence-corrected chi connectivity index (χ2v) is 6.16. The molecule has 2 heterocycles. The Kier molecular flexibility index (Phi) is 5.42. The summed E-state index contributed by atoms with van der Waals surface area (Å²) in [5.41, 5.74) is 0. The number of nitrogens with zero attached hydrogens (tertiary/aromatic N) is 2. The van der Waals surface area contributed by atoms with Gasteiger partial charge in [0.2, 0.25) is 0 Å². The summed E-state index contributed by atoms with van der Waals surface area (Å²) < 4.78 is 5.57. The molecule has 1 N–H and O–H groups in total. The van der Waals surface area contributed by atoms with Crippen LogP contribution in [-0.4, -0.2) is 76.4 Å². The first-order chi connectivity index (χ1) is 8.69. The van der Waals surface area contributed by atoms with E-state index in [0.717, 1.165) is 25.7 Å². The van der Waals surface area contributed by atoms with Crippen LogP contribution < -0.4 is 5.32 Å². The number of hydrogen-bond acceptors (Lipinski definition) is 4. The van der Waals surface area contributed by atoms with Crippen LogP contribution in [0.1, 0.15) is 12.8 Å². The Morgan fingerprint density at radius 3 is 2.61 bits per heavy atom. The predicted octanol–water partition coefficient (Wildman–Crippen LogP) is 0.494. The molecule has 2 aliphatic rings. The number of hydrogen-bond donors (Lipinski definition) is 1. The van der Waals surface area contributed by atoms with Gasteiger partial charge in [-0.2, -0.15) is 0 Å². The molecule has 106 valence electrons. The standard InChI is InChI=1S/C14H29N3O/c1-15-14-11-18-10-13(14)9-17(3)8-12-4-6-16(2)7-5-12/h12-15H,4-11H2,1-3H3. The maximum atomic E-state index is 5.57. The Bertz CT molecular complexity index is 241. The third kappa shape index (κ3) is 3.92. The molecule has 4 heteroatoms. The smallest absolute Gasteiger partial charge is 0.0623 e. The van der Waals surface area contributed by atoms with Crippen LogP contribution in [0.3, 0.4) is 0 Å². The highest BCUT2D eigenvalue weighted by atomic mass is 16.5. The van der Waals surface area contributed by atoms with Gasteiger partial charge < -0.3 is 19.9 Å². The third-order valence-corrected chi connectivity index (χ3v) is 4.52. The van der Waals surface area contributed by atoms with E-state index in [2.05, 4.69) is 29.2 Å². The van der Waals surface area contributed by atoms with Crippen molar-refractivity contribution in [1.82, 2.24) is 15.1 Å². The van der Waals surface area contributed by atoms with Gasteiger partial charge in [-0.3, -0.25) is 0 Å². The Hall–Kier alpha value is -0.160. The quantitative estimate of drug-likeness (QED) is 0.774. The highest BCUT2D eigenvalue weighted by molar-refractivity contribution is 4.83. The van der Waals surface area contributed by atoms with Gasteiger partial charge in [0.25, 0.3) is 0 Å². The van der Waals surface area contributed by atoms with Gasteiger partial charge in [0.1, 0.15) is 0 Å². The molecule has 0 radical (unpaired) electrons. The third-order valence-electron chi connectivity index (χ3n) is 4.52. The molecule has 2 unspecified atom stereocenters. The van der Waals surface area contributed by atoms with Crippen molar-refractivity contribution in [1.29, 1.82) is 0 Å². The Labute approximate surface area is 112 Å². The summed E-state index contributed by atoms with van der Waals surface area (Å²) in [6, 6.07) is 0.546. The van der Waals surface area contributed by atoms with Crippen molar-refractivity contribution in [3.8, 4) is 0 Å². The highest BCUT2D eigenvalue weighted by Crippen LogP contribution is 2.19. The molecule has 0 aliphatic carbocycles. The minimum atomic E-state index is 0.546. The van der Waals surface area contributed by atoms with Crippen molar-refractivity contribution in [2.24, 2.45) is 11.8 Å². The number of nitrogens with one attached hydrogen (secondary N) is 1. The summed E-state index contributed by atoms with van der Waals surface area (Å²) in [7, 11) is 6.54. The summed E-state index contributed by atoms with van der Waals surface area (Å²) in [6.07, 6.45) is 2.72. The fourth-order valence-electron chi connectivity index (χ4n) is 3.26. The van der Waals surface area contributed by atoms with Crippen LogP contribution in [-0.2, 0) is 4.74 Å². The summed E-state index contributed by atoms with van der Waals surface area (Å²) >= 11 is 0. The molecule has 18 heavy (non-hydrogen) atoms. The topological polar surface area (TPSA) is 27.7 Å². The van der Waals surface area contributed by atoms with E-state index in [4.69, 9.17) is 4.74 Å². The van der Waals surface area contributed by atoms with Crippen molar-refractivity contribution < 1.29 is 4.74 Å². The number of piperidine rings is 1. The zero-order valence-electron chi connectivity index (χ0n) is 12.2. The molecular formula is C14H29N3O. The number of likely N-dealkylation sites (N-methyl/N-ethyl adjacent to an activating group) is 1. The van der Waals surface area contributed by atoms with Crippen molar-refractivity contribution in [2.45, 2.75) is 18.9 Å². The zero-order valence-corrected chi connectivity index (χ0v) is 12.2. The van der Waals surface area contributed by atoms with Crippen molar-refractivity contribution in [2.75, 3.05) is 60.5 Å². The average molecular weight is 255 g/mol. The molecule has 2 aliphatic heterocycles. The van der Waals surface area contributed by atoms with Crippen LogP contribution in [0.4, 0.5) is 0 Å². The SMILES string of the molecule is CNC1COCC1CN(C)CC1CCN(C)CC1. The van der Waals surface area contributed by atoms with Crippen LogP contribution in [0.15, 0.2) is 0 Å². The number of ether oxygens (including phenoxy) is 1. The molecule has 0 saturated carbocycles. The second kappa shape index (κ2) is 6.85. The van der Waals surface area contributed by atoms with E-state index in [1.165, 1.54) is 32.5 Å². The summed E-state index contributed by atoms with van der Waals surface area (Å²) in [6.45, 7) is 6.75. The normalized spacial score (nSPS) is 31.3. The lowest BCUT2D eigenvalue weighted by molar-refractivity contribution is 0.150. The van der Waals surface area contributed by atoms with Gasteiger partial charge in [-0.25, -0.2) is 0 Å². The van der Waals surface area contributed by atoms with Gasteiger partial charge in [-0.1, -0.05) is 0 Å². The van der Waals surface area contributed by atoms with E-state index in [1.807, 2.05) is 7.05 Å². The lowest BCUT2D eigenvalue weighted by Gasteiger charge is -2.33. The maximum Gasteiger partial charge on any atom is 0.0623 e. The summed E-state index contributed by atoms with van der Waals surface area (Å²) in [5.74, 6) is 1.55. The molecular weight excluding hydrogens is 226 g/mol. The Balaban J connectivity index is 1.69. The maximum absolute atomic E-state index is 5.57. The monoisotopic (exact) mass is 255 g/mol. The van der Waals surface area contributed by atoms with Gasteiger partial charge in [-0.05, 0) is 53.0 Å². The van der Waals surface area contributed by atoms with Crippen molar-refractivity contribution >= 4 is 0 Å². The predicted molar refractivity (Wildman–Crippen MR) is 74.9 cm³/mol. The van der Waals surface area contributed by atoms with E-state index in [0.29, 0.717) is 12.0 Å². The van der Waals surface area contributed by atoms with E-state index >= 15 is 0 Å². The molecule has 0 amide bonds. The van der Waals surface area contributed by atoms with Crippen molar-refractivity contribution in [3.63, 3.8) is 0 Å². The first-order valence-corrected chi connectivity index (χ1v) is 7.31. The number of rotatable bonds is 5. The Morgan fingerprint density at radius 2 is 1.94 bits per heavy atom. The largest absolute Gasteiger partial charge is 0.379 e. The average Bonchev–Trinajstić information content (AvgIpc) is 2.79. The molecule has 0 aromatic rings. The van der Waals surface area contributed by atoms with Crippen LogP contribution in [0.2, 0.25) is 0 Å². The van der Waals surface area contributed by atoms with Gasteiger partial charge in [-0.15, -0.1) is 0 Å². The molecule has 2 rings (SSSR count). The van der Waals surface area contributed by atoms with E-state index < -0.39 is 0 Å². The van der Waals surface area contributed by atoms with E-state index in [1.54, 1.807) is 0 Å². The number of likely N-dealkylation sites (tertiary alicyclic amines) is 1. The second-order valence-electron chi connectivity index (χ2n) is 6.16. The lowest BCUT2D eigenvalue weighted by Crippen LogP contribution is -2.41. The fraction of sp³-hybridized carbons (Fsp3) is 1.00. The molecule has 0 bridgehead atoms. The van der Waals surface area contributed by atoms with Crippen LogP contribution in [0.25, 0.3) is 0 Å². The van der Waals surface area contributed by atoms with Crippen LogP contribution in [0, 0.1) is 11.8 Å². The van der Waals surface area contributed by atoms with Gasteiger partial charge in [0, 0.05) is 25.0 Å². The lowest BCUT2D eigenvalue weighted by atomic mass is 9.96. The first kappa shape index (κ1) is 14.3. The van der Waals surface area contributed by atoms with Gasteiger partial charge in [0.15, 0.2) is 0 Å². The molecule has 2 saturated heterocycles. The van der Waals surface area contributed by atoms with Gasteiger partial charge >= 0.3 is 0 Å². The molecule has 0 aromatic heterocycles. The first-order valence-electron chi connectivity index (χ1n) is 7.31. The molecule has 0 aromatic carbocycles. The van der Waals surface area contributed by atoms with E-state index in [-0.39, 0.29) is 0 Å². The minimum Gasteiger partial charge on any atom is -0.379 e. The zero-order chi connectivity index (χ0) is 13.0. The van der Waals surface area contributed by atoms with Crippen LogP contribution in [0.5, 0.6) is 0 Å². The fourth-order valence-corrected chi connectivity index (χ4v) is 3.26. The van der Waals surface area contributed by atoms with Gasteiger partial charge in [0.05, 0.1) is 13.2 Å². The molecule has 2 fully saturated rings. The van der Waals surface area contributed by atoms with E-state index in [9.17, 15) is 0 Å². The Morgan fingerprint density at radius 1 is 1.22 bits per heavy atom. The molecule has 4 nitrogen and oxygen atoms in total. The minimum absolute atomic E-state index is 0.546. The van der Waals surface area contributed by atoms with Crippen LogP contribution >= 0.6 is 0 Å². The molecule has 2 atom stereocenters.